The Kier molecular flexibility index (Phi) is 8.59. The fraction of sp³-hybridized carbons (Fsp3) is 0.375. The van der Waals surface area contributed by atoms with Crippen LogP contribution in [0.5, 0.6) is 11.5 Å². The first-order valence-corrected chi connectivity index (χ1v) is 13.7. The number of carbonyl (C=O) groups excluding carboxylic acids is 2. The molecule has 1 fully saturated rings. The number of ether oxygens (including phenoxy) is 2. The fourth-order valence-corrected chi connectivity index (χ4v) is 5.37. The maximum Gasteiger partial charge on any atom is 0.243 e. The second-order valence-electron chi connectivity index (χ2n) is 10.2. The van der Waals surface area contributed by atoms with Crippen LogP contribution >= 0.6 is 0 Å². The number of aryl methyl sites for hydroxylation is 1. The van der Waals surface area contributed by atoms with Gasteiger partial charge in [-0.3, -0.25) is 9.59 Å². The highest BCUT2D eigenvalue weighted by Gasteiger charge is 2.31. The van der Waals surface area contributed by atoms with Crippen LogP contribution < -0.4 is 14.8 Å². The Balaban J connectivity index is 1.38. The lowest BCUT2D eigenvalue weighted by atomic mass is 9.94. The van der Waals surface area contributed by atoms with Crippen molar-refractivity contribution in [2.45, 2.75) is 70.0 Å². The molecule has 1 aliphatic heterocycles. The van der Waals surface area contributed by atoms with Crippen molar-refractivity contribution in [1.29, 1.82) is 0 Å². The van der Waals surface area contributed by atoms with Gasteiger partial charge in [0.1, 0.15) is 6.04 Å². The van der Waals surface area contributed by atoms with Crippen molar-refractivity contribution in [1.82, 2.24) is 10.2 Å². The van der Waals surface area contributed by atoms with E-state index >= 15 is 0 Å². The van der Waals surface area contributed by atoms with E-state index in [0.717, 1.165) is 48.1 Å². The van der Waals surface area contributed by atoms with Gasteiger partial charge in [0.15, 0.2) is 11.5 Å². The molecule has 0 bridgehead atoms. The molecule has 1 N–H and O–H groups in total. The van der Waals surface area contributed by atoms with Crippen LogP contribution in [-0.4, -0.2) is 35.6 Å². The van der Waals surface area contributed by atoms with Crippen LogP contribution in [-0.2, 0) is 29.0 Å². The van der Waals surface area contributed by atoms with Gasteiger partial charge in [-0.15, -0.1) is 0 Å². The Morgan fingerprint density at radius 3 is 2.24 bits per heavy atom. The number of hydrogen-bond acceptors (Lipinski definition) is 4. The highest BCUT2D eigenvalue weighted by atomic mass is 16.7. The van der Waals surface area contributed by atoms with Crippen molar-refractivity contribution in [3.8, 4) is 11.5 Å². The Morgan fingerprint density at radius 1 is 0.816 bits per heavy atom. The largest absolute Gasteiger partial charge is 0.454 e. The summed E-state index contributed by atoms with van der Waals surface area (Å²) in [5.41, 5.74) is 3.05. The average Bonchev–Trinajstić information content (AvgIpc) is 3.43. The van der Waals surface area contributed by atoms with Gasteiger partial charge in [-0.25, -0.2) is 0 Å². The molecule has 2 aliphatic rings. The number of rotatable bonds is 10. The zero-order chi connectivity index (χ0) is 26.2. The molecular weight excluding hydrogens is 476 g/mol. The minimum Gasteiger partial charge on any atom is -0.454 e. The average molecular weight is 513 g/mol. The highest BCUT2D eigenvalue weighted by Crippen LogP contribution is 2.33. The van der Waals surface area contributed by atoms with Crippen molar-refractivity contribution < 1.29 is 19.1 Å². The molecule has 0 aromatic heterocycles. The van der Waals surface area contributed by atoms with E-state index in [2.05, 4.69) is 5.32 Å². The van der Waals surface area contributed by atoms with Gasteiger partial charge in [-0.05, 0) is 48.1 Å². The third kappa shape index (κ3) is 6.74. The van der Waals surface area contributed by atoms with Gasteiger partial charge in [0.05, 0.1) is 0 Å². The van der Waals surface area contributed by atoms with E-state index in [-0.39, 0.29) is 24.6 Å². The summed E-state index contributed by atoms with van der Waals surface area (Å²) in [6, 6.07) is 25.3. The van der Waals surface area contributed by atoms with Gasteiger partial charge in [-0.2, -0.15) is 0 Å². The van der Waals surface area contributed by atoms with Gasteiger partial charge in [0.25, 0.3) is 0 Å². The number of hydrogen-bond donors (Lipinski definition) is 1. The zero-order valence-electron chi connectivity index (χ0n) is 21.8. The highest BCUT2D eigenvalue weighted by molar-refractivity contribution is 5.88. The SMILES string of the molecule is O=C(NC1CCCCC1)[C@H](Cc1ccccc1)N(Cc1ccccc1)C(=O)CCc1ccc2c(c1)OCO2. The Bertz CT molecular complexity index is 1210. The molecule has 3 aromatic carbocycles. The molecule has 0 radical (unpaired) electrons. The molecular formula is C32H36N2O4. The number of nitrogens with one attached hydrogen (secondary N) is 1. The van der Waals surface area contributed by atoms with Gasteiger partial charge in [0, 0.05) is 25.4 Å². The predicted molar refractivity (Wildman–Crippen MR) is 147 cm³/mol. The molecule has 1 saturated carbocycles. The Morgan fingerprint density at radius 2 is 1.50 bits per heavy atom. The number of carbonyl (C=O) groups is 2. The van der Waals surface area contributed by atoms with Crippen LogP contribution in [0.15, 0.2) is 78.9 Å². The van der Waals surface area contributed by atoms with E-state index in [1.54, 1.807) is 4.90 Å². The zero-order valence-corrected chi connectivity index (χ0v) is 21.8. The molecule has 198 valence electrons. The molecule has 6 heteroatoms. The van der Waals surface area contributed by atoms with Crippen LogP contribution in [0.1, 0.15) is 55.2 Å². The molecule has 38 heavy (non-hydrogen) atoms. The third-order valence-corrected chi connectivity index (χ3v) is 7.48. The van der Waals surface area contributed by atoms with E-state index in [9.17, 15) is 9.59 Å². The molecule has 1 atom stereocenters. The molecule has 0 saturated heterocycles. The van der Waals surface area contributed by atoms with Gasteiger partial charge in [-0.1, -0.05) is 86.0 Å². The summed E-state index contributed by atoms with van der Waals surface area (Å²) < 4.78 is 10.9. The minimum absolute atomic E-state index is 0.0359. The first kappa shape index (κ1) is 25.8. The number of amides is 2. The van der Waals surface area contributed by atoms with E-state index < -0.39 is 6.04 Å². The van der Waals surface area contributed by atoms with Crippen molar-refractivity contribution in [3.05, 3.63) is 95.6 Å². The normalized spacial score (nSPS) is 15.6. The monoisotopic (exact) mass is 512 g/mol. The van der Waals surface area contributed by atoms with E-state index in [0.29, 0.717) is 31.6 Å². The van der Waals surface area contributed by atoms with Gasteiger partial charge < -0.3 is 19.7 Å². The maximum atomic E-state index is 13.9. The first-order valence-electron chi connectivity index (χ1n) is 13.7. The summed E-state index contributed by atoms with van der Waals surface area (Å²) in [4.78, 5) is 29.5. The maximum absolute atomic E-state index is 13.9. The number of benzene rings is 3. The summed E-state index contributed by atoms with van der Waals surface area (Å²) in [6.07, 6.45) is 6.83. The van der Waals surface area contributed by atoms with Crippen molar-refractivity contribution in [2.24, 2.45) is 0 Å². The van der Waals surface area contributed by atoms with Crippen LogP contribution in [0.2, 0.25) is 0 Å². The lowest BCUT2D eigenvalue weighted by molar-refractivity contribution is -0.141. The van der Waals surface area contributed by atoms with E-state index in [4.69, 9.17) is 9.47 Å². The van der Waals surface area contributed by atoms with Crippen LogP contribution in [0.4, 0.5) is 0 Å². The van der Waals surface area contributed by atoms with E-state index in [1.807, 2.05) is 78.9 Å². The smallest absolute Gasteiger partial charge is 0.243 e. The van der Waals surface area contributed by atoms with Crippen LogP contribution in [0.25, 0.3) is 0 Å². The Hall–Kier alpha value is -3.80. The second kappa shape index (κ2) is 12.6. The number of fused-ring (bicyclic) bond motifs is 1. The lowest BCUT2D eigenvalue weighted by Gasteiger charge is -2.33. The molecule has 1 aliphatic carbocycles. The summed E-state index contributed by atoms with van der Waals surface area (Å²) in [5.74, 6) is 1.34. The van der Waals surface area contributed by atoms with Crippen molar-refractivity contribution >= 4 is 11.8 Å². The summed E-state index contributed by atoms with van der Waals surface area (Å²) in [5, 5.41) is 3.30. The molecule has 6 nitrogen and oxygen atoms in total. The quantitative estimate of drug-likeness (QED) is 0.393. The lowest BCUT2D eigenvalue weighted by Crippen LogP contribution is -2.52. The first-order chi connectivity index (χ1) is 18.7. The fourth-order valence-electron chi connectivity index (χ4n) is 5.37. The minimum atomic E-state index is -0.594. The van der Waals surface area contributed by atoms with E-state index in [1.165, 1.54) is 6.42 Å². The summed E-state index contributed by atoms with van der Waals surface area (Å²) >= 11 is 0. The summed E-state index contributed by atoms with van der Waals surface area (Å²) in [6.45, 7) is 0.607. The molecule has 3 aromatic rings. The van der Waals surface area contributed by atoms with Crippen molar-refractivity contribution in [2.75, 3.05) is 6.79 Å². The standard InChI is InChI=1S/C32H36N2O4/c35-31(19-17-25-16-18-29-30(21-25)38-23-37-29)34(22-26-12-6-2-7-13-26)28(20-24-10-4-1-5-11-24)32(36)33-27-14-8-3-9-15-27/h1-2,4-7,10-13,16,18,21,27-28H,3,8-9,14-15,17,19-20,22-23H2,(H,33,36)/t28-/m0/s1. The topological polar surface area (TPSA) is 67.9 Å². The molecule has 0 spiro atoms. The summed E-state index contributed by atoms with van der Waals surface area (Å²) in [7, 11) is 0. The van der Waals surface area contributed by atoms with Crippen LogP contribution in [0, 0.1) is 0 Å². The van der Waals surface area contributed by atoms with Gasteiger partial charge >= 0.3 is 0 Å². The predicted octanol–water partition coefficient (Wildman–Crippen LogP) is 5.44. The molecule has 1 heterocycles. The van der Waals surface area contributed by atoms with Crippen molar-refractivity contribution in [3.63, 3.8) is 0 Å². The molecule has 5 rings (SSSR count). The number of nitrogens with zero attached hydrogens (tertiary/aromatic N) is 1. The second-order valence-corrected chi connectivity index (χ2v) is 10.2. The van der Waals surface area contributed by atoms with Gasteiger partial charge in [0.2, 0.25) is 18.6 Å². The third-order valence-electron chi connectivity index (χ3n) is 7.48. The molecule has 0 unspecified atom stereocenters. The molecule has 2 amide bonds. The Labute approximate surface area is 225 Å². The van der Waals surface area contributed by atoms with Crippen LogP contribution in [0.3, 0.4) is 0 Å².